The fourth-order valence-corrected chi connectivity index (χ4v) is 2.43. The Hall–Kier alpha value is -1.33. The first-order valence-corrected chi connectivity index (χ1v) is 6.94. The van der Waals surface area contributed by atoms with E-state index in [4.69, 9.17) is 0 Å². The van der Waals surface area contributed by atoms with Crippen LogP contribution in [0.15, 0.2) is 35.2 Å². The van der Waals surface area contributed by atoms with Crippen LogP contribution in [0.25, 0.3) is 0 Å². The lowest BCUT2D eigenvalue weighted by molar-refractivity contribution is -0.165. The molecule has 1 aromatic carbocycles. The van der Waals surface area contributed by atoms with Crippen molar-refractivity contribution < 1.29 is 19.4 Å². The Kier molecular flexibility index (Phi) is 6.05. The van der Waals surface area contributed by atoms with Crippen molar-refractivity contribution in [3.05, 3.63) is 30.3 Å². The van der Waals surface area contributed by atoms with E-state index in [1.807, 2.05) is 13.0 Å². The Labute approximate surface area is 117 Å². The van der Waals surface area contributed by atoms with E-state index in [-0.39, 0.29) is 6.42 Å². The summed E-state index contributed by atoms with van der Waals surface area (Å²) in [6, 6.07) is 8.91. The van der Waals surface area contributed by atoms with Gasteiger partial charge >= 0.3 is 5.97 Å². The first kappa shape index (κ1) is 15.7. The Morgan fingerprint density at radius 1 is 1.32 bits per heavy atom. The predicted molar refractivity (Wildman–Crippen MR) is 73.8 cm³/mol. The van der Waals surface area contributed by atoms with Gasteiger partial charge in [-0.15, -0.1) is 0 Å². The number of unbranched alkanes of at least 4 members (excludes halogenated alkanes) is 1. The van der Waals surface area contributed by atoms with Gasteiger partial charge in [-0.1, -0.05) is 31.5 Å². The molecule has 0 aliphatic heterocycles. The van der Waals surface area contributed by atoms with Crippen LogP contribution in [-0.2, 0) is 14.3 Å². The molecule has 0 fully saturated rings. The molecule has 0 saturated heterocycles. The van der Waals surface area contributed by atoms with Gasteiger partial charge in [0.05, 0.1) is 7.11 Å². The van der Waals surface area contributed by atoms with Crippen LogP contribution in [-0.4, -0.2) is 28.9 Å². The molecule has 1 N–H and O–H groups in total. The van der Waals surface area contributed by atoms with Gasteiger partial charge in [0.25, 0.3) is 0 Å². The third-order valence-electron chi connectivity index (χ3n) is 2.71. The summed E-state index contributed by atoms with van der Waals surface area (Å²) in [5, 5.41) is 9.70. The topological polar surface area (TPSA) is 63.6 Å². The van der Waals surface area contributed by atoms with Gasteiger partial charge in [-0.05, 0) is 36.7 Å². The SMILES string of the molecule is CCCCC(O)(C(=O)OC)C(=O)Sc1ccccc1. The van der Waals surface area contributed by atoms with E-state index < -0.39 is 16.7 Å². The van der Waals surface area contributed by atoms with Crippen molar-refractivity contribution >= 4 is 22.8 Å². The number of hydrogen-bond donors (Lipinski definition) is 1. The smallest absolute Gasteiger partial charge is 0.346 e. The number of esters is 1. The molecule has 1 atom stereocenters. The second kappa shape index (κ2) is 7.31. The summed E-state index contributed by atoms with van der Waals surface area (Å²) < 4.78 is 4.55. The average molecular weight is 282 g/mol. The van der Waals surface area contributed by atoms with E-state index in [0.717, 1.165) is 18.2 Å². The molecular formula is C14H18O4S. The van der Waals surface area contributed by atoms with Gasteiger partial charge in [-0.2, -0.15) is 0 Å². The van der Waals surface area contributed by atoms with Crippen molar-refractivity contribution in [1.29, 1.82) is 0 Å². The van der Waals surface area contributed by atoms with Gasteiger partial charge in [0.1, 0.15) is 0 Å². The minimum Gasteiger partial charge on any atom is -0.467 e. The highest BCUT2D eigenvalue weighted by atomic mass is 32.2. The molecule has 0 bridgehead atoms. The summed E-state index contributed by atoms with van der Waals surface area (Å²) in [5.41, 5.74) is -2.06. The Morgan fingerprint density at radius 2 is 1.95 bits per heavy atom. The number of carbonyl (C=O) groups excluding carboxylic acids is 2. The zero-order valence-electron chi connectivity index (χ0n) is 11.1. The highest BCUT2D eigenvalue weighted by Gasteiger charge is 2.44. The minimum absolute atomic E-state index is 0.0782. The highest BCUT2D eigenvalue weighted by Crippen LogP contribution is 2.28. The minimum atomic E-state index is -2.06. The number of methoxy groups -OCH3 is 1. The number of thioether (sulfide) groups is 1. The van der Waals surface area contributed by atoms with Gasteiger partial charge in [0.15, 0.2) is 0 Å². The van der Waals surface area contributed by atoms with E-state index in [2.05, 4.69) is 4.74 Å². The van der Waals surface area contributed by atoms with Gasteiger partial charge in [0.2, 0.25) is 10.7 Å². The molecule has 0 aliphatic rings. The van der Waals surface area contributed by atoms with Crippen molar-refractivity contribution in [1.82, 2.24) is 0 Å². The summed E-state index contributed by atoms with van der Waals surface area (Å²) in [5.74, 6) is -0.894. The van der Waals surface area contributed by atoms with E-state index in [9.17, 15) is 14.7 Å². The molecule has 5 heteroatoms. The van der Waals surface area contributed by atoms with E-state index >= 15 is 0 Å². The lowest BCUT2D eigenvalue weighted by Gasteiger charge is -2.22. The van der Waals surface area contributed by atoms with Crippen LogP contribution in [0, 0.1) is 0 Å². The van der Waals surface area contributed by atoms with E-state index in [1.165, 1.54) is 7.11 Å². The molecular weight excluding hydrogens is 264 g/mol. The summed E-state index contributed by atoms with van der Waals surface area (Å²) in [6.45, 7) is 1.92. The number of aliphatic hydroxyl groups is 1. The van der Waals surface area contributed by atoms with Crippen molar-refractivity contribution in [2.45, 2.75) is 36.7 Å². The Balaban J connectivity index is 2.85. The van der Waals surface area contributed by atoms with Crippen LogP contribution < -0.4 is 0 Å². The van der Waals surface area contributed by atoms with E-state index in [0.29, 0.717) is 11.3 Å². The van der Waals surface area contributed by atoms with Gasteiger partial charge in [-0.3, -0.25) is 4.79 Å². The summed E-state index contributed by atoms with van der Waals surface area (Å²) in [6.07, 6.45) is 1.43. The largest absolute Gasteiger partial charge is 0.467 e. The normalized spacial score (nSPS) is 13.6. The summed E-state index contributed by atoms with van der Waals surface area (Å²) in [7, 11) is 1.17. The highest BCUT2D eigenvalue weighted by molar-refractivity contribution is 8.14. The lowest BCUT2D eigenvalue weighted by Crippen LogP contribution is -2.46. The van der Waals surface area contributed by atoms with Crippen molar-refractivity contribution in [3.63, 3.8) is 0 Å². The van der Waals surface area contributed by atoms with Crippen LogP contribution in [0.5, 0.6) is 0 Å². The maximum atomic E-state index is 12.2. The molecule has 0 radical (unpaired) electrons. The number of hydrogen-bond acceptors (Lipinski definition) is 5. The third kappa shape index (κ3) is 4.08. The number of ether oxygens (including phenoxy) is 1. The van der Waals surface area contributed by atoms with E-state index in [1.54, 1.807) is 24.3 Å². The van der Waals surface area contributed by atoms with Crippen LogP contribution in [0.4, 0.5) is 0 Å². The Bertz CT molecular complexity index is 432. The van der Waals surface area contributed by atoms with Gasteiger partial charge in [0, 0.05) is 4.90 Å². The second-order valence-corrected chi connectivity index (χ2v) is 5.20. The number of carbonyl (C=O) groups is 2. The first-order valence-electron chi connectivity index (χ1n) is 6.12. The fourth-order valence-electron chi connectivity index (χ4n) is 1.57. The Morgan fingerprint density at radius 3 is 2.47 bits per heavy atom. The van der Waals surface area contributed by atoms with Crippen molar-refractivity contribution in [2.75, 3.05) is 7.11 Å². The maximum absolute atomic E-state index is 12.2. The molecule has 0 amide bonds. The summed E-state index contributed by atoms with van der Waals surface area (Å²) in [4.78, 5) is 24.5. The summed E-state index contributed by atoms with van der Waals surface area (Å²) >= 11 is 0.855. The van der Waals surface area contributed by atoms with Crippen molar-refractivity contribution in [2.24, 2.45) is 0 Å². The molecule has 104 valence electrons. The monoisotopic (exact) mass is 282 g/mol. The average Bonchev–Trinajstić information content (AvgIpc) is 2.44. The van der Waals surface area contributed by atoms with Gasteiger partial charge in [-0.25, -0.2) is 4.79 Å². The molecule has 1 rings (SSSR count). The molecule has 0 spiro atoms. The van der Waals surface area contributed by atoms with Crippen LogP contribution in [0.1, 0.15) is 26.2 Å². The zero-order chi connectivity index (χ0) is 14.3. The molecule has 0 aromatic heterocycles. The molecule has 0 saturated carbocycles. The third-order valence-corrected chi connectivity index (χ3v) is 3.74. The number of rotatable bonds is 6. The quantitative estimate of drug-likeness (QED) is 0.493. The molecule has 1 aromatic rings. The number of benzene rings is 1. The van der Waals surface area contributed by atoms with Crippen LogP contribution >= 0.6 is 11.8 Å². The van der Waals surface area contributed by atoms with Crippen LogP contribution in [0.2, 0.25) is 0 Å². The molecule has 0 aliphatic carbocycles. The predicted octanol–water partition coefficient (Wildman–Crippen LogP) is 2.40. The van der Waals surface area contributed by atoms with Crippen molar-refractivity contribution in [3.8, 4) is 0 Å². The maximum Gasteiger partial charge on any atom is 0.346 e. The molecule has 1 unspecified atom stereocenters. The molecule has 0 heterocycles. The zero-order valence-corrected chi connectivity index (χ0v) is 11.9. The first-order chi connectivity index (χ1) is 9.04. The second-order valence-electron chi connectivity index (χ2n) is 4.16. The standard InChI is InChI=1S/C14H18O4S/c1-3-4-10-14(17,12(15)18-2)13(16)19-11-8-6-5-7-9-11/h5-9,17H,3-4,10H2,1-2H3. The molecule has 19 heavy (non-hydrogen) atoms. The lowest BCUT2D eigenvalue weighted by atomic mass is 9.98. The van der Waals surface area contributed by atoms with Gasteiger partial charge < -0.3 is 9.84 Å². The molecule has 4 nitrogen and oxygen atoms in total. The van der Waals surface area contributed by atoms with Crippen LogP contribution in [0.3, 0.4) is 0 Å². The fraction of sp³-hybridized carbons (Fsp3) is 0.429.